The predicted octanol–water partition coefficient (Wildman–Crippen LogP) is 3.28. The van der Waals surface area contributed by atoms with E-state index in [0.717, 1.165) is 6.07 Å². The van der Waals surface area contributed by atoms with Crippen molar-refractivity contribution in [3.8, 4) is 0 Å². The van der Waals surface area contributed by atoms with Crippen molar-refractivity contribution in [2.75, 3.05) is 0 Å². The Balaban J connectivity index is 2.87. The Kier molecular flexibility index (Phi) is 4.56. The lowest BCUT2D eigenvalue weighted by Gasteiger charge is -2.14. The van der Waals surface area contributed by atoms with Gasteiger partial charge < -0.3 is 5.32 Å². The van der Waals surface area contributed by atoms with Crippen molar-refractivity contribution in [2.45, 2.75) is 25.3 Å². The summed E-state index contributed by atoms with van der Waals surface area (Å²) < 4.78 is 12.8. The molecule has 1 amide bonds. The maximum atomic E-state index is 12.8. The van der Waals surface area contributed by atoms with E-state index in [2.05, 4.69) is 5.32 Å². The van der Waals surface area contributed by atoms with Gasteiger partial charge in [-0.25, -0.2) is 4.39 Å². The van der Waals surface area contributed by atoms with Gasteiger partial charge in [0.2, 0.25) is 5.91 Å². The average Bonchev–Trinajstić information content (AvgIpc) is 2.15. The van der Waals surface area contributed by atoms with Crippen molar-refractivity contribution in [3.63, 3.8) is 0 Å². The molecular formula is C11H12Cl2FNO. The molecule has 1 atom stereocenters. The Morgan fingerprint density at radius 3 is 2.56 bits per heavy atom. The van der Waals surface area contributed by atoms with Crippen LogP contribution in [0.2, 0.25) is 5.02 Å². The van der Waals surface area contributed by atoms with Crippen LogP contribution in [-0.4, -0.2) is 11.9 Å². The maximum absolute atomic E-state index is 12.8. The lowest BCUT2D eigenvalue weighted by atomic mass is 10.1. The first-order valence-electron chi connectivity index (χ1n) is 4.81. The van der Waals surface area contributed by atoms with Crippen molar-refractivity contribution < 1.29 is 9.18 Å². The maximum Gasteiger partial charge on any atom is 0.242 e. The van der Waals surface area contributed by atoms with Crippen molar-refractivity contribution in [3.05, 3.63) is 34.6 Å². The summed E-state index contributed by atoms with van der Waals surface area (Å²) in [5.41, 5.74) is 0.405. The first kappa shape index (κ1) is 13.3. The number of nitrogens with one attached hydrogen (secondary N) is 1. The molecule has 0 aliphatic carbocycles. The van der Waals surface area contributed by atoms with Crippen molar-refractivity contribution in [1.29, 1.82) is 0 Å². The van der Waals surface area contributed by atoms with Gasteiger partial charge in [0.05, 0.1) is 0 Å². The lowest BCUT2D eigenvalue weighted by Crippen LogP contribution is -2.32. The number of carbonyl (C=O) groups excluding carboxylic acids is 1. The summed E-state index contributed by atoms with van der Waals surface area (Å²) in [6.07, 6.45) is 0. The minimum Gasteiger partial charge on any atom is -0.352 e. The summed E-state index contributed by atoms with van der Waals surface area (Å²) in [6, 6.07) is 3.76. The Morgan fingerprint density at radius 1 is 1.44 bits per heavy atom. The van der Waals surface area contributed by atoms with Crippen molar-refractivity contribution >= 4 is 29.1 Å². The molecule has 0 heterocycles. The second-order valence-corrected chi connectivity index (χ2v) is 4.54. The zero-order valence-electron chi connectivity index (χ0n) is 8.93. The zero-order chi connectivity index (χ0) is 12.3. The molecule has 16 heavy (non-hydrogen) atoms. The van der Waals surface area contributed by atoms with Crippen LogP contribution < -0.4 is 5.32 Å². The van der Waals surface area contributed by atoms with E-state index >= 15 is 0 Å². The van der Waals surface area contributed by atoms with Crippen LogP contribution in [0.3, 0.4) is 0 Å². The molecule has 1 unspecified atom stereocenters. The highest BCUT2D eigenvalue weighted by Gasteiger charge is 2.20. The molecular weight excluding hydrogens is 252 g/mol. The van der Waals surface area contributed by atoms with Crippen molar-refractivity contribution in [2.24, 2.45) is 0 Å². The molecule has 1 aromatic carbocycles. The highest BCUT2D eigenvalue weighted by molar-refractivity contribution is 6.35. The Labute approximate surface area is 104 Å². The second-order valence-electron chi connectivity index (χ2n) is 3.69. The van der Waals surface area contributed by atoms with Crippen LogP contribution >= 0.6 is 23.2 Å². The van der Waals surface area contributed by atoms with Gasteiger partial charge in [0.1, 0.15) is 11.2 Å². The molecule has 2 nitrogen and oxygen atoms in total. The summed E-state index contributed by atoms with van der Waals surface area (Å²) in [5.74, 6) is -0.799. The summed E-state index contributed by atoms with van der Waals surface area (Å²) in [4.78, 5) is 11.6. The number of carbonyl (C=O) groups is 1. The molecule has 1 rings (SSSR count). The number of hydrogen-bond acceptors (Lipinski definition) is 1. The lowest BCUT2D eigenvalue weighted by molar-refractivity contribution is -0.121. The molecule has 1 aromatic rings. The molecule has 0 aromatic heterocycles. The van der Waals surface area contributed by atoms with Crippen LogP contribution in [0.4, 0.5) is 4.39 Å². The van der Waals surface area contributed by atoms with E-state index in [4.69, 9.17) is 23.2 Å². The molecule has 88 valence electrons. The number of benzene rings is 1. The minimum atomic E-state index is -0.907. The number of hydrogen-bond donors (Lipinski definition) is 1. The van der Waals surface area contributed by atoms with E-state index in [1.165, 1.54) is 12.1 Å². The third kappa shape index (κ3) is 3.35. The molecule has 0 bridgehead atoms. The van der Waals surface area contributed by atoms with E-state index in [1.54, 1.807) is 0 Å². The Hall–Kier alpha value is -0.800. The second kappa shape index (κ2) is 5.51. The smallest absolute Gasteiger partial charge is 0.242 e. The van der Waals surface area contributed by atoms with Gasteiger partial charge in [0.25, 0.3) is 0 Å². The first-order chi connectivity index (χ1) is 7.41. The van der Waals surface area contributed by atoms with Gasteiger partial charge in [-0.05, 0) is 31.5 Å². The van der Waals surface area contributed by atoms with Crippen LogP contribution in [-0.2, 0) is 4.79 Å². The molecule has 0 aliphatic heterocycles. The largest absolute Gasteiger partial charge is 0.352 e. The topological polar surface area (TPSA) is 29.1 Å². The van der Waals surface area contributed by atoms with Crippen LogP contribution in [0.1, 0.15) is 24.8 Å². The Morgan fingerprint density at radius 2 is 2.06 bits per heavy atom. The van der Waals surface area contributed by atoms with Gasteiger partial charge in [0, 0.05) is 11.1 Å². The summed E-state index contributed by atoms with van der Waals surface area (Å²) in [7, 11) is 0. The van der Waals surface area contributed by atoms with Crippen LogP contribution in [0.15, 0.2) is 18.2 Å². The third-order valence-corrected chi connectivity index (χ3v) is 2.66. The number of alkyl halides is 1. The van der Waals surface area contributed by atoms with Gasteiger partial charge in [-0.3, -0.25) is 4.79 Å². The minimum absolute atomic E-state index is 0.00651. The highest BCUT2D eigenvalue weighted by atomic mass is 35.5. The van der Waals surface area contributed by atoms with Gasteiger partial charge in [-0.15, -0.1) is 11.6 Å². The van der Waals surface area contributed by atoms with Gasteiger partial charge in [-0.2, -0.15) is 0 Å². The van der Waals surface area contributed by atoms with Gasteiger partial charge >= 0.3 is 0 Å². The fourth-order valence-electron chi connectivity index (χ4n) is 1.21. The molecule has 1 N–H and O–H groups in total. The Bertz CT molecular complexity index is 396. The van der Waals surface area contributed by atoms with E-state index < -0.39 is 11.2 Å². The SMILES string of the molecule is CC(C)NC(=O)C(Cl)c1ccc(F)cc1Cl. The summed E-state index contributed by atoms with van der Waals surface area (Å²) in [6.45, 7) is 3.65. The van der Waals surface area contributed by atoms with Crippen molar-refractivity contribution in [1.82, 2.24) is 5.32 Å². The summed E-state index contributed by atoms with van der Waals surface area (Å²) >= 11 is 11.7. The normalized spacial score (nSPS) is 12.6. The molecule has 0 spiro atoms. The van der Waals surface area contributed by atoms with E-state index in [1.807, 2.05) is 13.8 Å². The fourth-order valence-corrected chi connectivity index (χ4v) is 1.79. The zero-order valence-corrected chi connectivity index (χ0v) is 10.4. The molecule has 0 saturated heterocycles. The molecule has 0 saturated carbocycles. The first-order valence-corrected chi connectivity index (χ1v) is 5.62. The van der Waals surface area contributed by atoms with Gasteiger partial charge in [-0.1, -0.05) is 17.7 Å². The number of amides is 1. The number of halogens is 3. The van der Waals surface area contributed by atoms with Crippen LogP contribution in [0.5, 0.6) is 0 Å². The van der Waals surface area contributed by atoms with E-state index in [0.29, 0.717) is 5.56 Å². The molecule has 0 fully saturated rings. The van der Waals surface area contributed by atoms with E-state index in [9.17, 15) is 9.18 Å². The highest BCUT2D eigenvalue weighted by Crippen LogP contribution is 2.28. The predicted molar refractivity (Wildman–Crippen MR) is 63.3 cm³/mol. The summed E-state index contributed by atoms with van der Waals surface area (Å²) in [5, 5.41) is 1.90. The monoisotopic (exact) mass is 263 g/mol. The standard InChI is InChI=1S/C11H12Cl2FNO/c1-6(2)15-11(16)10(13)8-4-3-7(14)5-9(8)12/h3-6,10H,1-2H3,(H,15,16). The van der Waals surface area contributed by atoms with Crippen LogP contribution in [0, 0.1) is 5.82 Å². The number of rotatable bonds is 3. The molecule has 0 aliphatic rings. The molecule has 0 radical (unpaired) electrons. The third-order valence-electron chi connectivity index (χ3n) is 1.90. The molecule has 5 heteroatoms. The van der Waals surface area contributed by atoms with Crippen LogP contribution in [0.25, 0.3) is 0 Å². The average molecular weight is 264 g/mol. The van der Waals surface area contributed by atoms with E-state index in [-0.39, 0.29) is 17.0 Å². The fraction of sp³-hybridized carbons (Fsp3) is 0.364. The van der Waals surface area contributed by atoms with Gasteiger partial charge in [0.15, 0.2) is 0 Å². The quantitative estimate of drug-likeness (QED) is 0.834.